The van der Waals surface area contributed by atoms with E-state index in [4.69, 9.17) is 10.5 Å². The van der Waals surface area contributed by atoms with E-state index in [0.717, 1.165) is 35.5 Å². The van der Waals surface area contributed by atoms with Gasteiger partial charge in [0.25, 0.3) is 0 Å². The molecule has 1 aliphatic rings. The molecule has 0 aliphatic heterocycles. The number of nitrogens with zero attached hydrogens (tertiary/aromatic N) is 4. The highest BCUT2D eigenvalue weighted by Crippen LogP contribution is 2.40. The van der Waals surface area contributed by atoms with E-state index in [1.54, 1.807) is 0 Å². The fraction of sp³-hybridized carbons (Fsp3) is 0.385. The molecule has 0 atom stereocenters. The second kappa shape index (κ2) is 11.9. The van der Waals surface area contributed by atoms with Crippen LogP contribution < -0.4 is 10.5 Å². The van der Waals surface area contributed by atoms with Crippen LogP contribution in [-0.4, -0.2) is 43.8 Å². The van der Waals surface area contributed by atoms with E-state index >= 15 is 0 Å². The van der Waals surface area contributed by atoms with E-state index in [1.165, 1.54) is 11.8 Å². The van der Waals surface area contributed by atoms with E-state index in [0.29, 0.717) is 37.3 Å². The number of thioether (sulfide) groups is 1. The van der Waals surface area contributed by atoms with Crippen molar-refractivity contribution in [2.75, 3.05) is 12.3 Å². The van der Waals surface area contributed by atoms with Crippen LogP contribution in [0.1, 0.15) is 49.1 Å². The summed E-state index contributed by atoms with van der Waals surface area (Å²) >= 11 is 1.36. The number of amides is 2. The van der Waals surface area contributed by atoms with Crippen LogP contribution in [0.3, 0.4) is 0 Å². The van der Waals surface area contributed by atoms with E-state index < -0.39 is 0 Å². The highest BCUT2D eigenvalue weighted by Gasteiger charge is 2.30. The lowest BCUT2D eigenvalue weighted by Crippen LogP contribution is -2.31. The molecule has 4 rings (SSSR count). The van der Waals surface area contributed by atoms with Crippen molar-refractivity contribution in [2.45, 2.75) is 57.0 Å². The minimum atomic E-state index is -0.360. The van der Waals surface area contributed by atoms with Gasteiger partial charge >= 0.3 is 0 Å². The van der Waals surface area contributed by atoms with Gasteiger partial charge in [-0.05, 0) is 43.0 Å². The Labute approximate surface area is 209 Å². The van der Waals surface area contributed by atoms with E-state index in [9.17, 15) is 9.59 Å². The second-order valence-corrected chi connectivity index (χ2v) is 9.54. The Kier molecular flexibility index (Phi) is 8.41. The summed E-state index contributed by atoms with van der Waals surface area (Å²) in [7, 11) is 0. The van der Waals surface area contributed by atoms with Gasteiger partial charge < -0.3 is 19.9 Å². The maximum atomic E-state index is 13.0. The van der Waals surface area contributed by atoms with Crippen molar-refractivity contribution in [1.29, 1.82) is 0 Å². The first-order chi connectivity index (χ1) is 17.0. The van der Waals surface area contributed by atoms with Crippen molar-refractivity contribution in [3.63, 3.8) is 0 Å². The average molecular weight is 494 g/mol. The van der Waals surface area contributed by atoms with Crippen molar-refractivity contribution >= 4 is 23.6 Å². The molecule has 0 bridgehead atoms. The summed E-state index contributed by atoms with van der Waals surface area (Å²) in [6.07, 6.45) is 2.39. The first-order valence-electron chi connectivity index (χ1n) is 11.9. The number of rotatable bonds is 13. The van der Waals surface area contributed by atoms with Crippen molar-refractivity contribution in [3.05, 3.63) is 71.5 Å². The third-order valence-electron chi connectivity index (χ3n) is 5.87. The van der Waals surface area contributed by atoms with Crippen molar-refractivity contribution in [3.8, 4) is 5.75 Å². The van der Waals surface area contributed by atoms with Gasteiger partial charge in [-0.25, -0.2) is 0 Å². The third kappa shape index (κ3) is 7.08. The summed E-state index contributed by atoms with van der Waals surface area (Å²) in [5, 5.41) is 9.26. The number of hydrogen-bond donors (Lipinski definition) is 1. The molecular weight excluding hydrogens is 462 g/mol. The van der Waals surface area contributed by atoms with Crippen LogP contribution in [0.2, 0.25) is 0 Å². The highest BCUT2D eigenvalue weighted by atomic mass is 32.2. The summed E-state index contributed by atoms with van der Waals surface area (Å²) in [6.45, 7) is 4.06. The quantitative estimate of drug-likeness (QED) is 0.364. The number of benzene rings is 2. The van der Waals surface area contributed by atoms with Crippen LogP contribution in [0.25, 0.3) is 0 Å². The fourth-order valence-corrected chi connectivity index (χ4v) is 4.60. The number of nitrogens with two attached hydrogens (primary N) is 1. The predicted octanol–water partition coefficient (Wildman–Crippen LogP) is 3.75. The van der Waals surface area contributed by atoms with Gasteiger partial charge in [-0.15, -0.1) is 10.2 Å². The number of ether oxygens (including phenoxy) is 1. The van der Waals surface area contributed by atoms with E-state index in [-0.39, 0.29) is 24.0 Å². The van der Waals surface area contributed by atoms with Crippen LogP contribution in [-0.2, 0) is 29.3 Å². The monoisotopic (exact) mass is 493 g/mol. The molecule has 2 amide bonds. The summed E-state index contributed by atoms with van der Waals surface area (Å²) in [6, 6.07) is 17.9. The molecule has 0 unspecified atom stereocenters. The Morgan fingerprint density at radius 1 is 1.09 bits per heavy atom. The van der Waals surface area contributed by atoms with E-state index in [2.05, 4.69) is 10.2 Å². The molecule has 0 spiro atoms. The van der Waals surface area contributed by atoms with Gasteiger partial charge in [-0.1, -0.05) is 54.2 Å². The summed E-state index contributed by atoms with van der Waals surface area (Å²) in [4.78, 5) is 26.1. The molecule has 184 valence electrons. The largest absolute Gasteiger partial charge is 0.489 e. The minimum absolute atomic E-state index is 0.0272. The fourth-order valence-electron chi connectivity index (χ4n) is 3.73. The van der Waals surface area contributed by atoms with Crippen molar-refractivity contribution in [2.24, 2.45) is 5.73 Å². The zero-order chi connectivity index (χ0) is 24.6. The maximum absolute atomic E-state index is 13.0. The molecule has 9 heteroatoms. The zero-order valence-corrected chi connectivity index (χ0v) is 20.7. The molecule has 35 heavy (non-hydrogen) atoms. The van der Waals surface area contributed by atoms with E-state index in [1.807, 2.05) is 71.0 Å². The molecule has 8 nitrogen and oxygen atoms in total. The van der Waals surface area contributed by atoms with Gasteiger partial charge in [-0.2, -0.15) is 0 Å². The van der Waals surface area contributed by atoms with Crippen molar-refractivity contribution in [1.82, 2.24) is 19.7 Å². The second-order valence-electron chi connectivity index (χ2n) is 8.60. The number of hydrogen-bond acceptors (Lipinski definition) is 6. The average Bonchev–Trinajstić information content (AvgIpc) is 3.64. The van der Waals surface area contributed by atoms with Crippen LogP contribution in [0, 0.1) is 0 Å². The number of carbonyl (C=O) groups excluding carboxylic acids is 2. The van der Waals surface area contributed by atoms with Gasteiger partial charge in [0.15, 0.2) is 5.16 Å². The van der Waals surface area contributed by atoms with Gasteiger partial charge in [-0.3, -0.25) is 9.59 Å². The smallest absolute Gasteiger partial charge is 0.233 e. The molecule has 0 saturated heterocycles. The first kappa shape index (κ1) is 24.8. The van der Waals surface area contributed by atoms with Gasteiger partial charge in [0, 0.05) is 32.0 Å². The Morgan fingerprint density at radius 3 is 2.49 bits per heavy atom. The molecule has 1 aliphatic carbocycles. The zero-order valence-electron chi connectivity index (χ0n) is 19.9. The Balaban J connectivity index is 1.31. The lowest BCUT2D eigenvalue weighted by atomic mass is 10.2. The summed E-state index contributed by atoms with van der Waals surface area (Å²) in [5.74, 6) is 2.01. The van der Waals surface area contributed by atoms with Crippen LogP contribution >= 0.6 is 11.8 Å². The first-order valence-corrected chi connectivity index (χ1v) is 12.9. The molecule has 2 N–H and O–H groups in total. The number of primary amides is 1. The predicted molar refractivity (Wildman–Crippen MR) is 135 cm³/mol. The topological polar surface area (TPSA) is 103 Å². The number of aromatic nitrogens is 3. The lowest BCUT2D eigenvalue weighted by Gasteiger charge is -2.21. The Hall–Kier alpha value is -3.33. The summed E-state index contributed by atoms with van der Waals surface area (Å²) in [5.41, 5.74) is 7.50. The molecular formula is C26H31N5O3S. The molecule has 1 aromatic heterocycles. The molecule has 0 radical (unpaired) electrons. The third-order valence-corrected chi connectivity index (χ3v) is 6.83. The molecule has 3 aromatic rings. The van der Waals surface area contributed by atoms with Gasteiger partial charge in [0.1, 0.15) is 18.2 Å². The van der Waals surface area contributed by atoms with Gasteiger partial charge in [0.2, 0.25) is 11.8 Å². The molecule has 1 fully saturated rings. The van der Waals surface area contributed by atoms with Crippen LogP contribution in [0.15, 0.2) is 59.8 Å². The molecule has 1 heterocycles. The SMILES string of the molecule is CCN(Cc1ccc(OCc2ccccc2)cc1)C(=O)CSc1nnc(C2CC2)n1CCC(N)=O. The Morgan fingerprint density at radius 2 is 1.83 bits per heavy atom. The van der Waals surface area contributed by atoms with Gasteiger partial charge in [0.05, 0.1) is 5.75 Å². The van der Waals surface area contributed by atoms with Crippen LogP contribution in [0.4, 0.5) is 0 Å². The Bertz CT molecular complexity index is 1130. The molecule has 2 aromatic carbocycles. The maximum Gasteiger partial charge on any atom is 0.233 e. The minimum Gasteiger partial charge on any atom is -0.489 e. The van der Waals surface area contributed by atoms with Crippen LogP contribution in [0.5, 0.6) is 5.75 Å². The standard InChI is InChI=1S/C26H31N5O3S/c1-2-30(16-19-8-12-22(13-9-19)34-17-20-6-4-3-5-7-20)24(33)18-35-26-29-28-25(21-10-11-21)31(26)15-14-23(27)32/h3-9,12-13,21H,2,10-11,14-18H2,1H3,(H2,27,32). The highest BCUT2D eigenvalue weighted by molar-refractivity contribution is 7.99. The normalized spacial score (nSPS) is 12.9. The van der Waals surface area contributed by atoms with Crippen molar-refractivity contribution < 1.29 is 14.3 Å². The lowest BCUT2D eigenvalue weighted by molar-refractivity contribution is -0.128. The molecule has 1 saturated carbocycles. The number of carbonyl (C=O) groups is 2. The summed E-state index contributed by atoms with van der Waals surface area (Å²) < 4.78 is 7.80.